The second kappa shape index (κ2) is 9.64. The van der Waals surface area contributed by atoms with Crippen molar-refractivity contribution in [3.63, 3.8) is 0 Å². The Bertz CT molecular complexity index is 676. The first-order chi connectivity index (χ1) is 12.5. The molecule has 0 unspecified atom stereocenters. The van der Waals surface area contributed by atoms with Crippen molar-refractivity contribution in [1.82, 2.24) is 10.2 Å². The first kappa shape index (κ1) is 20.3. The molecule has 0 spiro atoms. The Morgan fingerprint density at radius 3 is 2.62 bits per heavy atom. The lowest BCUT2D eigenvalue weighted by atomic mass is 9.95. The van der Waals surface area contributed by atoms with E-state index < -0.39 is 12.0 Å². The van der Waals surface area contributed by atoms with E-state index in [0.717, 1.165) is 30.6 Å². The van der Waals surface area contributed by atoms with Crippen molar-refractivity contribution in [1.29, 1.82) is 0 Å². The maximum absolute atomic E-state index is 13.3. The molecule has 0 saturated carbocycles. The highest BCUT2D eigenvalue weighted by atomic mass is 32.1. The lowest BCUT2D eigenvalue weighted by Gasteiger charge is -2.37. The molecule has 0 radical (unpaired) electrons. The molecule has 1 aliphatic heterocycles. The van der Waals surface area contributed by atoms with Crippen LogP contribution in [0.3, 0.4) is 0 Å². The van der Waals surface area contributed by atoms with Crippen LogP contribution in [0.15, 0.2) is 35.5 Å². The molecule has 7 heteroatoms. The third-order valence-corrected chi connectivity index (χ3v) is 4.61. The van der Waals surface area contributed by atoms with Crippen LogP contribution in [-0.2, 0) is 14.3 Å². The van der Waals surface area contributed by atoms with E-state index in [1.54, 1.807) is 19.2 Å². The predicted octanol–water partition coefficient (Wildman–Crippen LogP) is 3.32. The zero-order valence-electron chi connectivity index (χ0n) is 15.4. The minimum atomic E-state index is -0.476. The van der Waals surface area contributed by atoms with E-state index in [2.05, 4.69) is 12.2 Å². The van der Waals surface area contributed by atoms with Crippen molar-refractivity contribution in [3.05, 3.63) is 46.9 Å². The summed E-state index contributed by atoms with van der Waals surface area (Å²) in [7, 11) is 1.55. The van der Waals surface area contributed by atoms with E-state index >= 15 is 0 Å². The van der Waals surface area contributed by atoms with Gasteiger partial charge in [-0.2, -0.15) is 0 Å². The number of esters is 1. The Morgan fingerprint density at radius 1 is 1.31 bits per heavy atom. The van der Waals surface area contributed by atoms with E-state index in [0.29, 0.717) is 17.3 Å². The third kappa shape index (κ3) is 4.80. The number of rotatable bonds is 8. The quantitative estimate of drug-likeness (QED) is 0.424. The molecule has 0 aliphatic carbocycles. The number of hydrogen-bond donors (Lipinski definition) is 1. The van der Waals surface area contributed by atoms with Crippen LogP contribution in [0.5, 0.6) is 0 Å². The van der Waals surface area contributed by atoms with Crippen LogP contribution >= 0.6 is 12.2 Å². The monoisotopic (exact) mass is 380 g/mol. The molecular weight excluding hydrogens is 355 g/mol. The summed E-state index contributed by atoms with van der Waals surface area (Å²) < 4.78 is 23.6. The van der Waals surface area contributed by atoms with Crippen molar-refractivity contribution in [3.8, 4) is 0 Å². The number of allylic oxidation sites excluding steroid dienone is 1. The number of thiocarbonyl (C=S) groups is 1. The highest BCUT2D eigenvalue weighted by Gasteiger charge is 2.34. The van der Waals surface area contributed by atoms with Gasteiger partial charge in [0.1, 0.15) is 12.4 Å². The molecule has 5 nitrogen and oxygen atoms in total. The van der Waals surface area contributed by atoms with Gasteiger partial charge in [0.2, 0.25) is 0 Å². The molecule has 26 heavy (non-hydrogen) atoms. The van der Waals surface area contributed by atoms with E-state index in [1.807, 2.05) is 11.8 Å². The lowest BCUT2D eigenvalue weighted by Crippen LogP contribution is -2.48. The predicted molar refractivity (Wildman–Crippen MR) is 102 cm³/mol. The highest BCUT2D eigenvalue weighted by molar-refractivity contribution is 7.80. The van der Waals surface area contributed by atoms with Gasteiger partial charge in [-0.3, -0.25) is 0 Å². The zero-order valence-corrected chi connectivity index (χ0v) is 16.2. The molecule has 0 saturated heterocycles. The minimum absolute atomic E-state index is 0.168. The second-order valence-corrected chi connectivity index (χ2v) is 6.45. The maximum Gasteiger partial charge on any atom is 0.338 e. The molecule has 1 aromatic rings. The van der Waals surface area contributed by atoms with Crippen LogP contribution < -0.4 is 5.32 Å². The zero-order chi connectivity index (χ0) is 19.1. The molecular formula is C19H25FN2O3S. The fourth-order valence-electron chi connectivity index (χ4n) is 2.83. The standard InChI is InChI=1S/C19H25FN2O3S/c1-4-5-10-22-13(2)16(18(23)25-12-11-24-3)17(21-19(22)26)14-6-8-15(20)9-7-14/h6-9,17H,4-5,10-12H2,1-3H3,(H,21,26)/t17-/m1/s1. The van der Waals surface area contributed by atoms with Crippen LogP contribution in [0.2, 0.25) is 0 Å². The van der Waals surface area contributed by atoms with E-state index in [1.165, 1.54) is 12.1 Å². The number of nitrogens with one attached hydrogen (secondary N) is 1. The van der Waals surface area contributed by atoms with Gasteiger partial charge in [-0.15, -0.1) is 0 Å². The average molecular weight is 380 g/mol. The summed E-state index contributed by atoms with van der Waals surface area (Å²) in [5.41, 5.74) is 2.00. The average Bonchev–Trinajstić information content (AvgIpc) is 2.62. The summed E-state index contributed by atoms with van der Waals surface area (Å²) in [5, 5.41) is 3.76. The smallest absolute Gasteiger partial charge is 0.338 e. The third-order valence-electron chi connectivity index (χ3n) is 4.28. The summed E-state index contributed by atoms with van der Waals surface area (Å²) in [6, 6.07) is 5.55. The molecule has 0 amide bonds. The molecule has 0 aromatic heterocycles. The Hall–Kier alpha value is -1.99. The number of ether oxygens (including phenoxy) is 2. The van der Waals surface area contributed by atoms with Crippen molar-refractivity contribution in [2.45, 2.75) is 32.7 Å². The number of nitrogens with zero attached hydrogens (tertiary/aromatic N) is 1. The van der Waals surface area contributed by atoms with E-state index in [-0.39, 0.29) is 12.4 Å². The molecule has 1 atom stereocenters. The van der Waals surface area contributed by atoms with Crippen LogP contribution in [-0.4, -0.2) is 42.8 Å². The Kier molecular flexibility index (Phi) is 7.53. The van der Waals surface area contributed by atoms with Crippen molar-refractivity contribution < 1.29 is 18.7 Å². The topological polar surface area (TPSA) is 50.8 Å². The van der Waals surface area contributed by atoms with Crippen molar-refractivity contribution in [2.24, 2.45) is 0 Å². The van der Waals surface area contributed by atoms with Crippen molar-refractivity contribution in [2.75, 3.05) is 26.9 Å². The van der Waals surface area contributed by atoms with Gasteiger partial charge in [-0.05, 0) is 43.3 Å². The van der Waals surface area contributed by atoms with Gasteiger partial charge in [0.25, 0.3) is 0 Å². The summed E-state index contributed by atoms with van der Waals surface area (Å²) in [6.45, 7) is 5.18. The summed E-state index contributed by atoms with van der Waals surface area (Å²) in [4.78, 5) is 14.7. The largest absolute Gasteiger partial charge is 0.460 e. The normalized spacial score (nSPS) is 17.3. The summed E-state index contributed by atoms with van der Waals surface area (Å²) in [5.74, 6) is -0.757. The van der Waals surface area contributed by atoms with Crippen LogP contribution in [0.1, 0.15) is 38.3 Å². The Morgan fingerprint density at radius 2 is 2.00 bits per heavy atom. The van der Waals surface area contributed by atoms with Gasteiger partial charge in [0, 0.05) is 19.4 Å². The van der Waals surface area contributed by atoms with Gasteiger partial charge in [-0.25, -0.2) is 9.18 Å². The molecule has 1 aromatic carbocycles. The number of unbranched alkanes of at least 4 members (excludes halogenated alkanes) is 1. The molecule has 1 heterocycles. The number of benzene rings is 1. The number of halogens is 1. The Balaban J connectivity index is 2.38. The van der Waals surface area contributed by atoms with Crippen molar-refractivity contribution >= 4 is 23.3 Å². The van der Waals surface area contributed by atoms with Gasteiger partial charge >= 0.3 is 5.97 Å². The molecule has 2 rings (SSSR count). The first-order valence-corrected chi connectivity index (χ1v) is 9.10. The number of methoxy groups -OCH3 is 1. The van der Waals surface area contributed by atoms with Gasteiger partial charge in [0.15, 0.2) is 5.11 Å². The SMILES string of the molecule is CCCCN1C(=S)N[C@H](c2ccc(F)cc2)C(C(=O)OCCOC)=C1C. The van der Waals surface area contributed by atoms with Gasteiger partial charge in [0.05, 0.1) is 18.2 Å². The molecule has 142 valence electrons. The summed E-state index contributed by atoms with van der Waals surface area (Å²) in [6.07, 6.45) is 1.97. The second-order valence-electron chi connectivity index (χ2n) is 6.07. The molecule has 0 fully saturated rings. The van der Waals surface area contributed by atoms with Crippen LogP contribution in [0.4, 0.5) is 4.39 Å². The van der Waals surface area contributed by atoms with E-state index in [4.69, 9.17) is 21.7 Å². The first-order valence-electron chi connectivity index (χ1n) is 8.69. The molecule has 0 bridgehead atoms. The number of carbonyl (C=O) groups is 1. The van der Waals surface area contributed by atoms with Gasteiger partial charge in [-0.1, -0.05) is 25.5 Å². The fourth-order valence-corrected chi connectivity index (χ4v) is 3.18. The van der Waals surface area contributed by atoms with E-state index in [9.17, 15) is 9.18 Å². The minimum Gasteiger partial charge on any atom is -0.460 e. The van der Waals surface area contributed by atoms with Crippen LogP contribution in [0.25, 0.3) is 0 Å². The number of carbonyl (C=O) groups excluding carboxylic acids is 1. The number of hydrogen-bond acceptors (Lipinski definition) is 4. The Labute approximate surface area is 159 Å². The fraction of sp³-hybridized carbons (Fsp3) is 0.474. The van der Waals surface area contributed by atoms with Crippen LogP contribution in [0, 0.1) is 5.82 Å². The lowest BCUT2D eigenvalue weighted by molar-refractivity contribution is -0.140. The van der Waals surface area contributed by atoms with Gasteiger partial charge < -0.3 is 19.7 Å². The molecule has 1 N–H and O–H groups in total. The highest BCUT2D eigenvalue weighted by Crippen LogP contribution is 2.31. The maximum atomic E-state index is 13.3. The summed E-state index contributed by atoms with van der Waals surface area (Å²) >= 11 is 5.50. The molecule has 1 aliphatic rings.